The Labute approximate surface area is 117 Å². The molecule has 0 spiro atoms. The summed E-state index contributed by atoms with van der Waals surface area (Å²) in [5, 5.41) is 0. The van der Waals surface area contributed by atoms with Crippen LogP contribution in [0.3, 0.4) is 0 Å². The summed E-state index contributed by atoms with van der Waals surface area (Å²) in [7, 11) is 3.13. The summed E-state index contributed by atoms with van der Waals surface area (Å²) in [6, 6.07) is 1.33. The second kappa shape index (κ2) is 4.83. The van der Waals surface area contributed by atoms with E-state index in [1.165, 1.54) is 16.8 Å². The van der Waals surface area contributed by atoms with Crippen LogP contribution in [0.2, 0.25) is 0 Å². The summed E-state index contributed by atoms with van der Waals surface area (Å²) < 4.78 is 24.1. The third-order valence-electron chi connectivity index (χ3n) is 3.76. The normalized spacial score (nSPS) is 23.9. The first kappa shape index (κ1) is 14.4. The average molecular weight is 305 g/mol. The van der Waals surface area contributed by atoms with E-state index in [2.05, 4.69) is 13.8 Å². The van der Waals surface area contributed by atoms with E-state index in [9.17, 15) is 13.2 Å². The molecule has 1 aliphatic rings. The number of aromatic nitrogens is 1. The van der Waals surface area contributed by atoms with Crippen molar-refractivity contribution in [2.75, 3.05) is 13.1 Å². The Hall–Kier alpha value is -1.01. The molecule has 106 valence electrons. The quantitative estimate of drug-likeness (QED) is 0.781. The van der Waals surface area contributed by atoms with Crippen molar-refractivity contribution >= 4 is 25.6 Å². The first-order chi connectivity index (χ1) is 8.70. The Morgan fingerprint density at radius 2 is 1.84 bits per heavy atom. The fourth-order valence-electron chi connectivity index (χ4n) is 2.34. The van der Waals surface area contributed by atoms with E-state index in [1.54, 1.807) is 11.9 Å². The second-order valence-corrected chi connectivity index (χ2v) is 7.84. The van der Waals surface area contributed by atoms with Crippen LogP contribution in [0.5, 0.6) is 0 Å². The van der Waals surface area contributed by atoms with Gasteiger partial charge in [-0.05, 0) is 17.9 Å². The number of hydrogen-bond donors (Lipinski definition) is 0. The number of carbonyl (C=O) groups excluding carboxylic acids is 1. The van der Waals surface area contributed by atoms with Crippen LogP contribution < -0.4 is 0 Å². The third kappa shape index (κ3) is 2.79. The molecule has 0 N–H and O–H groups in total. The van der Waals surface area contributed by atoms with E-state index in [-0.39, 0.29) is 10.8 Å². The molecule has 5 nitrogen and oxygen atoms in total. The SMILES string of the molecule is CC1CN(C(=O)c2cc(S(=O)(=O)Cl)cn2C)CC1C. The van der Waals surface area contributed by atoms with Crippen molar-refractivity contribution < 1.29 is 13.2 Å². The van der Waals surface area contributed by atoms with Crippen LogP contribution in [-0.2, 0) is 16.1 Å². The third-order valence-corrected chi connectivity index (χ3v) is 5.08. The molecule has 1 fully saturated rings. The van der Waals surface area contributed by atoms with Crippen molar-refractivity contribution in [2.45, 2.75) is 18.7 Å². The van der Waals surface area contributed by atoms with Crippen molar-refractivity contribution in [3.63, 3.8) is 0 Å². The Balaban J connectivity index is 2.28. The zero-order valence-corrected chi connectivity index (χ0v) is 12.7. The highest BCUT2D eigenvalue weighted by Crippen LogP contribution is 2.25. The Morgan fingerprint density at radius 1 is 1.32 bits per heavy atom. The van der Waals surface area contributed by atoms with Crippen LogP contribution in [0.1, 0.15) is 24.3 Å². The van der Waals surface area contributed by atoms with E-state index in [0.29, 0.717) is 30.6 Å². The summed E-state index contributed by atoms with van der Waals surface area (Å²) in [5.41, 5.74) is 0.348. The van der Waals surface area contributed by atoms with Gasteiger partial charge in [-0.25, -0.2) is 8.42 Å². The largest absolute Gasteiger partial charge is 0.345 e. The minimum atomic E-state index is -3.80. The second-order valence-electron chi connectivity index (χ2n) is 5.27. The van der Waals surface area contributed by atoms with Gasteiger partial charge in [0, 0.05) is 37.0 Å². The van der Waals surface area contributed by atoms with Crippen LogP contribution in [0.4, 0.5) is 0 Å². The van der Waals surface area contributed by atoms with Gasteiger partial charge in [-0.15, -0.1) is 0 Å². The lowest BCUT2D eigenvalue weighted by molar-refractivity contribution is 0.0775. The molecular weight excluding hydrogens is 288 g/mol. The average Bonchev–Trinajstić information content (AvgIpc) is 2.82. The van der Waals surface area contributed by atoms with Crippen molar-refractivity contribution in [1.82, 2.24) is 9.47 Å². The van der Waals surface area contributed by atoms with Gasteiger partial charge in [0.2, 0.25) is 0 Å². The summed E-state index contributed by atoms with van der Waals surface area (Å²) in [4.78, 5) is 14.1. The molecule has 19 heavy (non-hydrogen) atoms. The summed E-state index contributed by atoms with van der Waals surface area (Å²) in [5.74, 6) is 0.770. The Kier molecular flexibility index (Phi) is 3.66. The molecule has 1 aromatic heterocycles. The van der Waals surface area contributed by atoms with Crippen molar-refractivity contribution in [1.29, 1.82) is 0 Å². The molecule has 0 radical (unpaired) electrons. The number of likely N-dealkylation sites (tertiary alicyclic amines) is 1. The van der Waals surface area contributed by atoms with Gasteiger partial charge >= 0.3 is 0 Å². The maximum Gasteiger partial charge on any atom is 0.270 e. The first-order valence-electron chi connectivity index (χ1n) is 6.10. The maximum atomic E-state index is 12.4. The number of aryl methyl sites for hydroxylation is 1. The number of carbonyl (C=O) groups is 1. The van der Waals surface area contributed by atoms with Crippen molar-refractivity contribution in [2.24, 2.45) is 18.9 Å². The standard InChI is InChI=1S/C12H17ClN2O3S/c1-8-5-15(6-9(8)2)12(16)11-4-10(7-14(11)3)19(13,17)18/h4,7-9H,5-6H2,1-3H3. The van der Waals surface area contributed by atoms with Gasteiger partial charge in [-0.1, -0.05) is 13.8 Å². The van der Waals surface area contributed by atoms with E-state index >= 15 is 0 Å². The van der Waals surface area contributed by atoms with Gasteiger partial charge in [0.15, 0.2) is 0 Å². The van der Waals surface area contributed by atoms with Gasteiger partial charge in [0.1, 0.15) is 10.6 Å². The van der Waals surface area contributed by atoms with Crippen molar-refractivity contribution in [3.8, 4) is 0 Å². The minimum Gasteiger partial charge on any atom is -0.345 e. The summed E-state index contributed by atoms with van der Waals surface area (Å²) >= 11 is 0. The molecule has 0 saturated carbocycles. The van der Waals surface area contributed by atoms with Crippen LogP contribution in [0.15, 0.2) is 17.2 Å². The first-order valence-corrected chi connectivity index (χ1v) is 8.41. The highest BCUT2D eigenvalue weighted by Gasteiger charge is 2.31. The fourth-order valence-corrected chi connectivity index (χ4v) is 3.13. The van der Waals surface area contributed by atoms with E-state index < -0.39 is 9.05 Å². The maximum absolute atomic E-state index is 12.4. The highest BCUT2D eigenvalue weighted by atomic mass is 35.7. The van der Waals surface area contributed by atoms with Gasteiger partial charge in [0.25, 0.3) is 15.0 Å². The van der Waals surface area contributed by atoms with Gasteiger partial charge in [-0.2, -0.15) is 0 Å². The number of halogens is 1. The lowest BCUT2D eigenvalue weighted by Gasteiger charge is -2.16. The number of rotatable bonds is 2. The van der Waals surface area contributed by atoms with Crippen LogP contribution >= 0.6 is 10.7 Å². The molecule has 0 bridgehead atoms. The van der Waals surface area contributed by atoms with Gasteiger partial charge in [-0.3, -0.25) is 4.79 Å². The lowest BCUT2D eigenvalue weighted by Crippen LogP contribution is -2.30. The predicted molar refractivity (Wildman–Crippen MR) is 72.7 cm³/mol. The smallest absolute Gasteiger partial charge is 0.270 e. The van der Waals surface area contributed by atoms with E-state index in [4.69, 9.17) is 10.7 Å². The fraction of sp³-hybridized carbons (Fsp3) is 0.583. The molecule has 1 saturated heterocycles. The van der Waals surface area contributed by atoms with Crippen LogP contribution in [-0.4, -0.2) is 36.9 Å². The zero-order valence-electron chi connectivity index (χ0n) is 11.1. The topological polar surface area (TPSA) is 59.4 Å². The monoisotopic (exact) mass is 304 g/mol. The molecule has 2 rings (SSSR count). The summed E-state index contributed by atoms with van der Waals surface area (Å²) in [6.07, 6.45) is 1.36. The van der Waals surface area contributed by atoms with Crippen LogP contribution in [0.25, 0.3) is 0 Å². The minimum absolute atomic E-state index is 0.0414. The Morgan fingerprint density at radius 3 is 2.26 bits per heavy atom. The summed E-state index contributed by atoms with van der Waals surface area (Å²) in [6.45, 7) is 5.62. The molecule has 0 aromatic carbocycles. The van der Waals surface area contributed by atoms with Crippen molar-refractivity contribution in [3.05, 3.63) is 18.0 Å². The highest BCUT2D eigenvalue weighted by molar-refractivity contribution is 8.13. The molecular formula is C12H17ClN2O3S. The van der Waals surface area contributed by atoms with Crippen LogP contribution in [0, 0.1) is 11.8 Å². The zero-order chi connectivity index (χ0) is 14.4. The Bertz CT molecular complexity index is 598. The van der Waals surface area contributed by atoms with E-state index in [0.717, 1.165) is 0 Å². The number of nitrogens with zero attached hydrogens (tertiary/aromatic N) is 2. The predicted octanol–water partition coefficient (Wildman–Crippen LogP) is 1.68. The molecule has 1 aromatic rings. The molecule has 2 unspecified atom stereocenters. The number of hydrogen-bond acceptors (Lipinski definition) is 3. The molecule has 1 aliphatic heterocycles. The molecule has 1 amide bonds. The molecule has 2 heterocycles. The number of amides is 1. The van der Waals surface area contributed by atoms with Gasteiger partial charge < -0.3 is 9.47 Å². The molecule has 7 heteroatoms. The van der Waals surface area contributed by atoms with Gasteiger partial charge in [0.05, 0.1) is 0 Å². The lowest BCUT2D eigenvalue weighted by atomic mass is 10.0. The molecule has 0 aliphatic carbocycles. The van der Waals surface area contributed by atoms with E-state index in [1.807, 2.05) is 0 Å². The molecule has 2 atom stereocenters.